The molecule has 0 atom stereocenters. The van der Waals surface area contributed by atoms with Gasteiger partial charge in [0.25, 0.3) is 5.91 Å². The van der Waals surface area contributed by atoms with Crippen molar-refractivity contribution < 1.29 is 14.5 Å². The highest BCUT2D eigenvalue weighted by Gasteiger charge is 2.22. The minimum atomic E-state index is -0.447. The second-order valence-electron chi connectivity index (χ2n) is 6.80. The van der Waals surface area contributed by atoms with Gasteiger partial charge in [-0.15, -0.1) is 0 Å². The Labute approximate surface area is 172 Å². The van der Waals surface area contributed by atoms with E-state index in [2.05, 4.69) is 15.7 Å². The molecule has 0 saturated heterocycles. The second-order valence-corrected chi connectivity index (χ2v) is 6.80. The minimum Gasteiger partial charge on any atom is -0.326 e. The van der Waals surface area contributed by atoms with Crippen LogP contribution in [-0.4, -0.2) is 26.5 Å². The summed E-state index contributed by atoms with van der Waals surface area (Å²) >= 11 is 0. The summed E-state index contributed by atoms with van der Waals surface area (Å²) in [5.41, 5.74) is 3.08. The number of benzene rings is 2. The summed E-state index contributed by atoms with van der Waals surface area (Å²) in [6, 6.07) is 13.8. The molecule has 0 radical (unpaired) electrons. The van der Waals surface area contributed by atoms with Crippen molar-refractivity contribution in [3.8, 4) is 0 Å². The second kappa shape index (κ2) is 8.56. The Morgan fingerprint density at radius 1 is 1.03 bits per heavy atom. The summed E-state index contributed by atoms with van der Waals surface area (Å²) in [7, 11) is 0. The Kier molecular flexibility index (Phi) is 5.91. The van der Waals surface area contributed by atoms with Crippen LogP contribution in [0.15, 0.2) is 48.5 Å². The van der Waals surface area contributed by atoms with Crippen LogP contribution in [0.3, 0.4) is 0 Å². The number of nitrogens with one attached hydrogen (secondary N) is 2. The largest absolute Gasteiger partial charge is 0.326 e. The molecular weight excluding hydrogens is 386 g/mol. The summed E-state index contributed by atoms with van der Waals surface area (Å²) < 4.78 is 1.53. The molecule has 0 aliphatic carbocycles. The van der Waals surface area contributed by atoms with E-state index >= 15 is 0 Å². The maximum atomic E-state index is 12.8. The third-order valence-corrected chi connectivity index (χ3v) is 4.57. The Balaban J connectivity index is 1.81. The summed E-state index contributed by atoms with van der Waals surface area (Å²) in [6.07, 6.45) is 0. The van der Waals surface area contributed by atoms with Gasteiger partial charge in [0.05, 0.1) is 11.5 Å². The van der Waals surface area contributed by atoms with Crippen molar-refractivity contribution in [3.05, 3.63) is 81.2 Å². The highest BCUT2D eigenvalue weighted by atomic mass is 16.6. The van der Waals surface area contributed by atoms with Crippen LogP contribution in [0.5, 0.6) is 0 Å². The van der Waals surface area contributed by atoms with Crippen LogP contribution in [0, 0.1) is 24.0 Å². The first-order valence-electron chi connectivity index (χ1n) is 9.21. The third kappa shape index (κ3) is 4.52. The highest BCUT2D eigenvalue weighted by Crippen LogP contribution is 2.23. The molecule has 2 N–H and O–H groups in total. The fraction of sp³-hybridized carbons (Fsp3) is 0.190. The summed E-state index contributed by atoms with van der Waals surface area (Å²) in [5, 5.41) is 21.0. The van der Waals surface area contributed by atoms with Crippen LogP contribution >= 0.6 is 0 Å². The lowest BCUT2D eigenvalue weighted by Crippen LogP contribution is -2.16. The van der Waals surface area contributed by atoms with Gasteiger partial charge in [0.1, 0.15) is 11.4 Å². The van der Waals surface area contributed by atoms with Gasteiger partial charge in [-0.05, 0) is 49.7 Å². The average Bonchev–Trinajstić information content (AvgIpc) is 2.96. The fourth-order valence-corrected chi connectivity index (χ4v) is 3.19. The fourth-order valence-electron chi connectivity index (χ4n) is 3.19. The van der Waals surface area contributed by atoms with Gasteiger partial charge in [-0.1, -0.05) is 18.2 Å². The average molecular weight is 407 g/mol. The Morgan fingerprint density at radius 3 is 2.20 bits per heavy atom. The van der Waals surface area contributed by atoms with Gasteiger partial charge in [0, 0.05) is 23.9 Å². The van der Waals surface area contributed by atoms with Crippen molar-refractivity contribution in [3.63, 3.8) is 0 Å². The normalized spacial score (nSPS) is 10.5. The van der Waals surface area contributed by atoms with E-state index in [1.807, 2.05) is 0 Å². The molecule has 0 fully saturated rings. The van der Waals surface area contributed by atoms with E-state index in [0.717, 1.165) is 0 Å². The van der Waals surface area contributed by atoms with Gasteiger partial charge >= 0.3 is 5.69 Å². The van der Waals surface area contributed by atoms with Gasteiger partial charge < -0.3 is 10.6 Å². The van der Waals surface area contributed by atoms with E-state index in [1.165, 1.54) is 11.6 Å². The molecule has 0 saturated carbocycles. The number of aryl methyl sites for hydroxylation is 1. The lowest BCUT2D eigenvalue weighted by atomic mass is 10.1. The molecule has 2 amide bonds. The molecule has 2 aromatic carbocycles. The van der Waals surface area contributed by atoms with Crippen molar-refractivity contribution in [2.75, 3.05) is 10.6 Å². The molecule has 3 aromatic rings. The van der Waals surface area contributed by atoms with Crippen molar-refractivity contribution in [1.82, 2.24) is 9.78 Å². The number of nitro groups is 1. The minimum absolute atomic E-state index is 0.0174. The van der Waals surface area contributed by atoms with Gasteiger partial charge in [0.15, 0.2) is 0 Å². The van der Waals surface area contributed by atoms with E-state index < -0.39 is 4.92 Å². The first kappa shape index (κ1) is 20.7. The molecule has 3 rings (SSSR count). The van der Waals surface area contributed by atoms with Crippen LogP contribution in [0.1, 0.15) is 34.2 Å². The quantitative estimate of drug-likeness (QED) is 0.477. The molecule has 0 aliphatic heterocycles. The predicted octanol–water partition coefficient (Wildman–Crippen LogP) is 3.67. The third-order valence-electron chi connectivity index (χ3n) is 4.57. The molecule has 1 heterocycles. The van der Waals surface area contributed by atoms with E-state index in [0.29, 0.717) is 33.9 Å². The Bertz CT molecular complexity index is 1120. The van der Waals surface area contributed by atoms with E-state index in [1.54, 1.807) is 62.4 Å². The molecule has 0 aliphatic rings. The van der Waals surface area contributed by atoms with Crippen LogP contribution in [0.4, 0.5) is 17.1 Å². The van der Waals surface area contributed by atoms with E-state index in [-0.39, 0.29) is 24.0 Å². The Morgan fingerprint density at radius 2 is 1.63 bits per heavy atom. The van der Waals surface area contributed by atoms with Gasteiger partial charge in [-0.2, -0.15) is 5.10 Å². The molecular formula is C21H21N5O4. The van der Waals surface area contributed by atoms with E-state index in [4.69, 9.17) is 0 Å². The summed E-state index contributed by atoms with van der Waals surface area (Å²) in [5.74, 6) is -0.487. The molecule has 30 heavy (non-hydrogen) atoms. The van der Waals surface area contributed by atoms with Crippen molar-refractivity contribution >= 4 is 28.9 Å². The van der Waals surface area contributed by atoms with Crippen molar-refractivity contribution in [2.24, 2.45) is 0 Å². The van der Waals surface area contributed by atoms with E-state index in [9.17, 15) is 19.7 Å². The number of aromatic nitrogens is 2. The predicted molar refractivity (Wildman–Crippen MR) is 113 cm³/mol. The SMILES string of the molecule is CC(=O)Nc1ccc(NC(=O)c2ccccc2Cn2nc(C)c([N+](=O)[O-])c2C)cc1. The van der Waals surface area contributed by atoms with Crippen molar-refractivity contribution in [1.29, 1.82) is 0 Å². The molecule has 1 aromatic heterocycles. The number of amides is 2. The number of carbonyl (C=O) groups excluding carboxylic acids is 2. The van der Waals surface area contributed by atoms with Crippen LogP contribution in [0.25, 0.3) is 0 Å². The van der Waals surface area contributed by atoms with Gasteiger partial charge in [0.2, 0.25) is 5.91 Å². The van der Waals surface area contributed by atoms with Gasteiger partial charge in [-0.3, -0.25) is 24.4 Å². The Hall–Kier alpha value is -4.01. The number of hydrogen-bond acceptors (Lipinski definition) is 5. The first-order valence-corrected chi connectivity index (χ1v) is 9.21. The monoisotopic (exact) mass is 407 g/mol. The molecule has 0 bridgehead atoms. The lowest BCUT2D eigenvalue weighted by Gasteiger charge is -2.11. The molecule has 154 valence electrons. The standard InChI is InChI=1S/C21H21N5O4/c1-13-20(26(29)30)14(2)25(24-13)12-16-6-4-5-7-19(16)21(28)23-18-10-8-17(9-11-18)22-15(3)27/h4-11H,12H2,1-3H3,(H,22,27)(H,23,28). The van der Waals surface area contributed by atoms with Crippen LogP contribution in [-0.2, 0) is 11.3 Å². The number of carbonyl (C=O) groups is 2. The molecule has 9 heteroatoms. The lowest BCUT2D eigenvalue weighted by molar-refractivity contribution is -0.386. The topological polar surface area (TPSA) is 119 Å². The number of rotatable bonds is 6. The zero-order chi connectivity index (χ0) is 21.8. The smallest absolute Gasteiger partial charge is 0.312 e. The molecule has 0 spiro atoms. The highest BCUT2D eigenvalue weighted by molar-refractivity contribution is 6.05. The summed E-state index contributed by atoms with van der Waals surface area (Å²) in [6.45, 7) is 4.87. The maximum Gasteiger partial charge on any atom is 0.312 e. The number of nitrogens with zero attached hydrogens (tertiary/aromatic N) is 3. The van der Waals surface area contributed by atoms with Crippen molar-refractivity contribution in [2.45, 2.75) is 27.3 Å². The zero-order valence-corrected chi connectivity index (χ0v) is 16.8. The molecule has 9 nitrogen and oxygen atoms in total. The molecule has 0 unspecified atom stereocenters. The van der Waals surface area contributed by atoms with Gasteiger partial charge in [-0.25, -0.2) is 0 Å². The zero-order valence-electron chi connectivity index (χ0n) is 16.8. The number of hydrogen-bond donors (Lipinski definition) is 2. The summed E-state index contributed by atoms with van der Waals surface area (Å²) in [4.78, 5) is 34.7. The first-order chi connectivity index (χ1) is 14.3. The number of anilines is 2. The van der Waals surface area contributed by atoms with Crippen LogP contribution < -0.4 is 10.6 Å². The maximum absolute atomic E-state index is 12.8. The van der Waals surface area contributed by atoms with Crippen LogP contribution in [0.2, 0.25) is 0 Å².